The highest BCUT2D eigenvalue weighted by molar-refractivity contribution is 9.09. The minimum Gasteiger partial charge on any atom is -0.380 e. The minimum absolute atomic E-state index is 0.0796. The fraction of sp³-hybridized carbons (Fsp3) is 0.889. The van der Waals surface area contributed by atoms with E-state index < -0.39 is 0 Å². The van der Waals surface area contributed by atoms with Crippen molar-refractivity contribution in [1.82, 2.24) is 5.32 Å². The summed E-state index contributed by atoms with van der Waals surface area (Å²) in [6, 6.07) is 0. The van der Waals surface area contributed by atoms with Crippen LogP contribution in [0.15, 0.2) is 0 Å². The molecule has 78 valence electrons. The summed E-state index contributed by atoms with van der Waals surface area (Å²) in [5.41, 5.74) is 0. The molecule has 0 heterocycles. The van der Waals surface area contributed by atoms with Crippen LogP contribution in [0.25, 0.3) is 0 Å². The van der Waals surface area contributed by atoms with Crippen molar-refractivity contribution in [2.45, 2.75) is 26.2 Å². The van der Waals surface area contributed by atoms with Crippen molar-refractivity contribution in [2.75, 3.05) is 25.1 Å². The maximum atomic E-state index is 10.9. The van der Waals surface area contributed by atoms with E-state index in [4.69, 9.17) is 4.74 Å². The fourth-order valence-corrected chi connectivity index (χ4v) is 1.15. The topological polar surface area (TPSA) is 38.3 Å². The van der Waals surface area contributed by atoms with Gasteiger partial charge in [0, 0.05) is 24.9 Å². The molecule has 0 bridgehead atoms. The minimum atomic E-state index is 0.0796. The van der Waals surface area contributed by atoms with Crippen LogP contribution in [0.1, 0.15) is 26.2 Å². The number of rotatable bonds is 8. The van der Waals surface area contributed by atoms with Gasteiger partial charge in [-0.25, -0.2) is 0 Å². The van der Waals surface area contributed by atoms with Gasteiger partial charge in [0.1, 0.15) is 0 Å². The van der Waals surface area contributed by atoms with E-state index >= 15 is 0 Å². The van der Waals surface area contributed by atoms with E-state index in [0.29, 0.717) is 19.6 Å². The zero-order valence-corrected chi connectivity index (χ0v) is 9.73. The Morgan fingerprint density at radius 1 is 1.46 bits per heavy atom. The lowest BCUT2D eigenvalue weighted by Gasteiger charge is -2.04. The molecule has 0 atom stereocenters. The second kappa shape index (κ2) is 9.99. The van der Waals surface area contributed by atoms with Crippen molar-refractivity contribution in [3.05, 3.63) is 0 Å². The first-order valence-corrected chi connectivity index (χ1v) is 5.83. The molecule has 0 aromatic heterocycles. The average Bonchev–Trinajstić information content (AvgIpc) is 2.11. The zero-order valence-electron chi connectivity index (χ0n) is 8.14. The molecule has 0 saturated carbocycles. The van der Waals surface area contributed by atoms with Crippen LogP contribution in [0.3, 0.4) is 0 Å². The van der Waals surface area contributed by atoms with Crippen molar-refractivity contribution in [1.29, 1.82) is 0 Å². The summed E-state index contributed by atoms with van der Waals surface area (Å²) in [5, 5.41) is 3.48. The van der Waals surface area contributed by atoms with Gasteiger partial charge in [0.25, 0.3) is 0 Å². The van der Waals surface area contributed by atoms with E-state index in [0.717, 1.165) is 24.8 Å². The molecule has 0 aliphatic carbocycles. The van der Waals surface area contributed by atoms with Crippen LogP contribution in [-0.4, -0.2) is 31.0 Å². The third-order valence-corrected chi connectivity index (χ3v) is 1.93. The Hall–Kier alpha value is -0.0900. The molecule has 0 fully saturated rings. The summed E-state index contributed by atoms with van der Waals surface area (Å²) in [4.78, 5) is 10.9. The number of hydrogen-bond acceptors (Lipinski definition) is 2. The molecule has 0 aliphatic heterocycles. The monoisotopic (exact) mass is 251 g/mol. The first-order chi connectivity index (χ1) is 6.31. The smallest absolute Gasteiger partial charge is 0.220 e. The highest BCUT2D eigenvalue weighted by atomic mass is 79.9. The summed E-state index contributed by atoms with van der Waals surface area (Å²) in [5.74, 6) is 0.0796. The van der Waals surface area contributed by atoms with Crippen LogP contribution in [-0.2, 0) is 9.53 Å². The lowest BCUT2D eigenvalue weighted by molar-refractivity contribution is -0.120. The molecule has 3 nitrogen and oxygen atoms in total. The number of halogens is 1. The number of hydrogen-bond donors (Lipinski definition) is 1. The quantitative estimate of drug-likeness (QED) is 0.527. The Kier molecular flexibility index (Phi) is 9.92. The third-order valence-electron chi connectivity index (χ3n) is 1.53. The molecule has 0 unspecified atom stereocenters. The first-order valence-electron chi connectivity index (χ1n) is 4.71. The van der Waals surface area contributed by atoms with E-state index in [-0.39, 0.29) is 5.91 Å². The maximum absolute atomic E-state index is 10.9. The van der Waals surface area contributed by atoms with Gasteiger partial charge in [-0.05, 0) is 6.42 Å². The average molecular weight is 252 g/mol. The normalized spacial score (nSPS) is 10.0. The van der Waals surface area contributed by atoms with Crippen LogP contribution >= 0.6 is 15.9 Å². The van der Waals surface area contributed by atoms with Gasteiger partial charge < -0.3 is 10.1 Å². The standard InChI is InChI=1S/C9H18BrNO2/c1-2-3-7-13-8-6-11-9(12)4-5-10/h2-8H2,1H3,(H,11,12). The van der Waals surface area contributed by atoms with Crippen molar-refractivity contribution < 1.29 is 9.53 Å². The second-order valence-electron chi connectivity index (χ2n) is 2.75. The van der Waals surface area contributed by atoms with Gasteiger partial charge in [0.05, 0.1) is 6.61 Å². The fourth-order valence-electron chi connectivity index (χ4n) is 0.785. The number of unbranched alkanes of at least 4 members (excludes halogenated alkanes) is 1. The predicted octanol–water partition coefficient (Wildman–Crippen LogP) is 1.70. The number of carbonyl (C=O) groups excluding carboxylic acids is 1. The Labute approximate surface area is 88.4 Å². The molecule has 0 saturated heterocycles. The van der Waals surface area contributed by atoms with Crippen molar-refractivity contribution in [3.63, 3.8) is 0 Å². The molecule has 1 N–H and O–H groups in total. The molecule has 4 heteroatoms. The van der Waals surface area contributed by atoms with Gasteiger partial charge in [-0.2, -0.15) is 0 Å². The van der Waals surface area contributed by atoms with Gasteiger partial charge in [-0.15, -0.1) is 0 Å². The molecule has 13 heavy (non-hydrogen) atoms. The Balaban J connectivity index is 3.02. The van der Waals surface area contributed by atoms with Crippen LogP contribution in [0, 0.1) is 0 Å². The second-order valence-corrected chi connectivity index (χ2v) is 3.55. The van der Waals surface area contributed by atoms with Gasteiger partial charge in [-0.1, -0.05) is 29.3 Å². The summed E-state index contributed by atoms with van der Waals surface area (Å²) in [7, 11) is 0. The van der Waals surface area contributed by atoms with E-state index in [1.54, 1.807) is 0 Å². The number of alkyl halides is 1. The van der Waals surface area contributed by atoms with Gasteiger partial charge in [0.2, 0.25) is 5.91 Å². The van der Waals surface area contributed by atoms with Crippen LogP contribution in [0.5, 0.6) is 0 Å². The molecule has 0 spiro atoms. The molecule has 0 radical (unpaired) electrons. The largest absolute Gasteiger partial charge is 0.380 e. The molecule has 1 amide bonds. The SMILES string of the molecule is CCCCOCCNC(=O)CCBr. The summed E-state index contributed by atoms with van der Waals surface area (Å²) >= 11 is 3.20. The van der Waals surface area contributed by atoms with Crippen molar-refractivity contribution in [2.24, 2.45) is 0 Å². The summed E-state index contributed by atoms with van der Waals surface area (Å²) in [6.07, 6.45) is 2.78. The predicted molar refractivity (Wildman–Crippen MR) is 57.1 cm³/mol. The van der Waals surface area contributed by atoms with Crippen molar-refractivity contribution >= 4 is 21.8 Å². The number of carbonyl (C=O) groups is 1. The Morgan fingerprint density at radius 3 is 2.85 bits per heavy atom. The van der Waals surface area contributed by atoms with Gasteiger partial charge >= 0.3 is 0 Å². The molecule has 0 rings (SSSR count). The highest BCUT2D eigenvalue weighted by Crippen LogP contribution is 1.88. The number of ether oxygens (including phenoxy) is 1. The zero-order chi connectivity index (χ0) is 9.94. The van der Waals surface area contributed by atoms with E-state index in [9.17, 15) is 4.79 Å². The molecular formula is C9H18BrNO2. The van der Waals surface area contributed by atoms with Crippen molar-refractivity contribution in [3.8, 4) is 0 Å². The van der Waals surface area contributed by atoms with E-state index in [1.807, 2.05) is 0 Å². The summed E-state index contributed by atoms with van der Waals surface area (Å²) < 4.78 is 5.28. The van der Waals surface area contributed by atoms with Crippen LogP contribution in [0.2, 0.25) is 0 Å². The Morgan fingerprint density at radius 2 is 2.23 bits per heavy atom. The molecule has 0 aliphatic rings. The third kappa shape index (κ3) is 9.83. The van der Waals surface area contributed by atoms with Gasteiger partial charge in [-0.3, -0.25) is 4.79 Å². The highest BCUT2D eigenvalue weighted by Gasteiger charge is 1.97. The number of amides is 1. The molecule has 0 aromatic carbocycles. The molecule has 0 aromatic rings. The van der Waals surface area contributed by atoms with Crippen LogP contribution in [0.4, 0.5) is 0 Å². The first kappa shape index (κ1) is 12.9. The maximum Gasteiger partial charge on any atom is 0.220 e. The lowest BCUT2D eigenvalue weighted by atomic mass is 10.4. The Bertz CT molecular complexity index is 131. The van der Waals surface area contributed by atoms with Crippen LogP contribution < -0.4 is 5.32 Å². The van der Waals surface area contributed by atoms with Gasteiger partial charge in [0.15, 0.2) is 0 Å². The summed E-state index contributed by atoms with van der Waals surface area (Å²) in [6.45, 7) is 4.16. The molecular weight excluding hydrogens is 234 g/mol. The number of nitrogens with one attached hydrogen (secondary N) is 1. The van der Waals surface area contributed by atoms with E-state index in [1.165, 1.54) is 0 Å². The lowest BCUT2D eigenvalue weighted by Crippen LogP contribution is -2.27. The van der Waals surface area contributed by atoms with E-state index in [2.05, 4.69) is 28.2 Å².